The predicted octanol–water partition coefficient (Wildman–Crippen LogP) is 2.49. The van der Waals surface area contributed by atoms with Gasteiger partial charge in [0.25, 0.3) is 0 Å². The lowest BCUT2D eigenvalue weighted by molar-refractivity contribution is 0.607. The van der Waals surface area contributed by atoms with Crippen molar-refractivity contribution in [2.24, 2.45) is 0 Å². The van der Waals surface area contributed by atoms with E-state index in [-0.39, 0.29) is 0 Å². The van der Waals surface area contributed by atoms with Gasteiger partial charge in [0.05, 0.1) is 6.26 Å². The molecule has 2 aromatic rings. The number of aryl methyl sites for hydroxylation is 1. The minimum atomic E-state index is -3.21. The molecule has 0 unspecified atom stereocenters. The van der Waals surface area contributed by atoms with Crippen molar-refractivity contribution < 1.29 is 8.42 Å². The Balaban J connectivity index is 2.24. The first-order chi connectivity index (χ1) is 7.94. The fourth-order valence-electron chi connectivity index (χ4n) is 1.38. The fourth-order valence-corrected chi connectivity index (χ4v) is 2.75. The van der Waals surface area contributed by atoms with Crippen LogP contribution in [0, 0.1) is 6.92 Å². The molecule has 1 heterocycles. The van der Waals surface area contributed by atoms with Crippen molar-refractivity contribution in [2.45, 2.75) is 6.92 Å². The molecule has 0 aliphatic carbocycles. The van der Waals surface area contributed by atoms with E-state index in [1.54, 1.807) is 23.5 Å². The van der Waals surface area contributed by atoms with Gasteiger partial charge in [0.2, 0.25) is 10.0 Å². The number of benzene rings is 1. The molecule has 0 bridgehead atoms. The zero-order chi connectivity index (χ0) is 12.5. The zero-order valence-corrected chi connectivity index (χ0v) is 11.1. The van der Waals surface area contributed by atoms with Gasteiger partial charge in [0.15, 0.2) is 0 Å². The number of nitrogens with zero attached hydrogens (tertiary/aromatic N) is 1. The lowest BCUT2D eigenvalue weighted by Crippen LogP contribution is -2.09. The van der Waals surface area contributed by atoms with Crippen molar-refractivity contribution in [1.29, 1.82) is 0 Å². The first kappa shape index (κ1) is 12.1. The molecule has 0 radical (unpaired) electrons. The maximum Gasteiger partial charge on any atom is 0.229 e. The third-order valence-electron chi connectivity index (χ3n) is 2.05. The summed E-state index contributed by atoms with van der Waals surface area (Å²) in [5.74, 6) is 0. The molecule has 0 fully saturated rings. The van der Waals surface area contributed by atoms with Crippen molar-refractivity contribution in [3.63, 3.8) is 0 Å². The SMILES string of the molecule is Cc1csc(-c2ccc(NS(C)(=O)=O)cc2)n1. The normalized spacial score (nSPS) is 11.4. The standard InChI is InChI=1S/C11H12N2O2S2/c1-8-7-16-11(12-8)9-3-5-10(6-4-9)13-17(2,14)15/h3-7,13H,1-2H3. The van der Waals surface area contributed by atoms with Crippen LogP contribution in [0.15, 0.2) is 29.6 Å². The fraction of sp³-hybridized carbons (Fsp3) is 0.182. The van der Waals surface area contributed by atoms with Gasteiger partial charge in [-0.2, -0.15) is 0 Å². The van der Waals surface area contributed by atoms with Gasteiger partial charge in [-0.05, 0) is 31.2 Å². The molecular formula is C11H12N2O2S2. The Kier molecular flexibility index (Phi) is 3.17. The molecule has 6 heteroatoms. The number of sulfonamides is 1. The second kappa shape index (κ2) is 4.46. The van der Waals surface area contributed by atoms with Crippen LogP contribution in [0.3, 0.4) is 0 Å². The number of aromatic nitrogens is 1. The van der Waals surface area contributed by atoms with E-state index in [1.807, 2.05) is 24.4 Å². The third kappa shape index (κ3) is 3.28. The van der Waals surface area contributed by atoms with Crippen molar-refractivity contribution in [3.8, 4) is 10.6 Å². The summed E-state index contributed by atoms with van der Waals surface area (Å²) in [6.07, 6.45) is 1.13. The second-order valence-corrected chi connectivity index (χ2v) is 6.35. The molecule has 90 valence electrons. The van der Waals surface area contributed by atoms with Crippen LogP contribution in [0.2, 0.25) is 0 Å². The van der Waals surface area contributed by atoms with E-state index in [0.29, 0.717) is 5.69 Å². The van der Waals surface area contributed by atoms with Crippen molar-refractivity contribution in [3.05, 3.63) is 35.3 Å². The van der Waals surface area contributed by atoms with Crippen LogP contribution in [0.1, 0.15) is 5.69 Å². The molecule has 0 saturated carbocycles. The van der Waals surface area contributed by atoms with Crippen LogP contribution < -0.4 is 4.72 Å². The molecule has 0 aliphatic heterocycles. The molecule has 1 aromatic carbocycles. The molecule has 0 saturated heterocycles. The molecule has 4 nitrogen and oxygen atoms in total. The Morgan fingerprint density at radius 3 is 2.35 bits per heavy atom. The average molecular weight is 268 g/mol. The highest BCUT2D eigenvalue weighted by Crippen LogP contribution is 2.24. The maximum absolute atomic E-state index is 11.0. The van der Waals surface area contributed by atoms with E-state index in [1.165, 1.54) is 0 Å². The highest BCUT2D eigenvalue weighted by molar-refractivity contribution is 7.92. The van der Waals surface area contributed by atoms with Gasteiger partial charge in [0, 0.05) is 22.3 Å². The van der Waals surface area contributed by atoms with Crippen LogP contribution in [0.4, 0.5) is 5.69 Å². The van der Waals surface area contributed by atoms with Crippen LogP contribution in [0.25, 0.3) is 10.6 Å². The van der Waals surface area contributed by atoms with Gasteiger partial charge in [-0.25, -0.2) is 13.4 Å². The van der Waals surface area contributed by atoms with Gasteiger partial charge >= 0.3 is 0 Å². The molecule has 0 aliphatic rings. The number of hydrogen-bond acceptors (Lipinski definition) is 4. The van der Waals surface area contributed by atoms with Crippen LogP contribution in [0.5, 0.6) is 0 Å². The number of rotatable bonds is 3. The first-order valence-corrected chi connectivity index (χ1v) is 7.71. The van der Waals surface area contributed by atoms with Gasteiger partial charge in [0.1, 0.15) is 5.01 Å². The molecule has 0 spiro atoms. The molecular weight excluding hydrogens is 256 g/mol. The minimum absolute atomic E-state index is 0.560. The van der Waals surface area contributed by atoms with E-state index in [2.05, 4.69) is 9.71 Å². The summed E-state index contributed by atoms with van der Waals surface area (Å²) in [5, 5.41) is 2.92. The lowest BCUT2D eigenvalue weighted by atomic mass is 10.2. The Morgan fingerprint density at radius 1 is 1.24 bits per heavy atom. The summed E-state index contributed by atoms with van der Waals surface area (Å²) in [7, 11) is -3.21. The number of hydrogen-bond donors (Lipinski definition) is 1. The topological polar surface area (TPSA) is 59.1 Å². The predicted molar refractivity (Wildman–Crippen MR) is 70.8 cm³/mol. The molecule has 0 atom stereocenters. The smallest absolute Gasteiger partial charge is 0.229 e. The Bertz CT molecular complexity index is 615. The van der Waals surface area contributed by atoms with E-state index in [9.17, 15) is 8.42 Å². The third-order valence-corrected chi connectivity index (χ3v) is 3.67. The van der Waals surface area contributed by atoms with E-state index in [0.717, 1.165) is 22.5 Å². The molecule has 17 heavy (non-hydrogen) atoms. The van der Waals surface area contributed by atoms with Gasteiger partial charge < -0.3 is 0 Å². The Labute approximate surface area is 104 Å². The molecule has 2 rings (SSSR count). The quantitative estimate of drug-likeness (QED) is 0.930. The first-order valence-electron chi connectivity index (χ1n) is 4.94. The van der Waals surface area contributed by atoms with Crippen LogP contribution >= 0.6 is 11.3 Å². The number of nitrogens with one attached hydrogen (secondary N) is 1. The zero-order valence-electron chi connectivity index (χ0n) is 9.47. The summed E-state index contributed by atoms with van der Waals surface area (Å²) in [6.45, 7) is 1.94. The van der Waals surface area contributed by atoms with E-state index >= 15 is 0 Å². The van der Waals surface area contributed by atoms with Crippen molar-refractivity contribution >= 4 is 27.0 Å². The Morgan fingerprint density at radius 2 is 1.88 bits per heavy atom. The molecule has 1 aromatic heterocycles. The molecule has 0 amide bonds. The maximum atomic E-state index is 11.0. The Hall–Kier alpha value is -1.40. The van der Waals surface area contributed by atoms with E-state index < -0.39 is 10.0 Å². The highest BCUT2D eigenvalue weighted by atomic mass is 32.2. The summed E-state index contributed by atoms with van der Waals surface area (Å²) < 4.78 is 24.5. The van der Waals surface area contributed by atoms with Crippen molar-refractivity contribution in [1.82, 2.24) is 4.98 Å². The molecule has 1 N–H and O–H groups in total. The summed E-state index contributed by atoms with van der Waals surface area (Å²) >= 11 is 1.57. The van der Waals surface area contributed by atoms with Gasteiger partial charge in [-0.1, -0.05) is 0 Å². The van der Waals surface area contributed by atoms with E-state index in [4.69, 9.17) is 0 Å². The van der Waals surface area contributed by atoms with Gasteiger partial charge in [-0.3, -0.25) is 4.72 Å². The summed E-state index contributed by atoms with van der Waals surface area (Å²) in [4.78, 5) is 4.37. The van der Waals surface area contributed by atoms with Crippen LogP contribution in [-0.2, 0) is 10.0 Å². The van der Waals surface area contributed by atoms with Gasteiger partial charge in [-0.15, -0.1) is 11.3 Å². The largest absolute Gasteiger partial charge is 0.284 e. The highest BCUT2D eigenvalue weighted by Gasteiger charge is 2.04. The monoisotopic (exact) mass is 268 g/mol. The minimum Gasteiger partial charge on any atom is -0.284 e. The number of thiazole rings is 1. The lowest BCUT2D eigenvalue weighted by Gasteiger charge is -2.03. The summed E-state index contributed by atoms with van der Waals surface area (Å²) in [6, 6.07) is 7.16. The van der Waals surface area contributed by atoms with Crippen LogP contribution in [-0.4, -0.2) is 19.7 Å². The van der Waals surface area contributed by atoms with Crippen molar-refractivity contribution in [2.75, 3.05) is 11.0 Å². The summed E-state index contributed by atoms with van der Waals surface area (Å²) in [5.41, 5.74) is 2.54. The second-order valence-electron chi connectivity index (χ2n) is 3.75. The average Bonchev–Trinajstić information content (AvgIpc) is 2.63. The number of anilines is 1.